The van der Waals surface area contributed by atoms with Crippen molar-refractivity contribution in [3.05, 3.63) is 23.0 Å². The van der Waals surface area contributed by atoms with Crippen LogP contribution in [-0.2, 0) is 19.6 Å². The van der Waals surface area contributed by atoms with Gasteiger partial charge in [-0.1, -0.05) is 11.6 Å². The van der Waals surface area contributed by atoms with E-state index in [2.05, 4.69) is 9.72 Å². The molecule has 1 saturated carbocycles. The molecule has 174 valence electrons. The largest absolute Gasteiger partial charge is 0.511 e. The normalized spacial score (nSPS) is 15.6. The number of nitrogens with zero attached hydrogens (tertiary/aromatic N) is 3. The van der Waals surface area contributed by atoms with Gasteiger partial charge in [0.15, 0.2) is 0 Å². The number of imide groups is 1. The molecule has 9 nitrogen and oxygen atoms in total. The number of methoxy groups -OCH3 is 1. The molecule has 0 aliphatic heterocycles. The molecule has 0 aromatic carbocycles. The van der Waals surface area contributed by atoms with Crippen molar-refractivity contribution in [3.8, 4) is 5.75 Å². The van der Waals surface area contributed by atoms with E-state index in [1.54, 1.807) is 0 Å². The number of rotatable bonds is 9. The number of alkyl halides is 3. The van der Waals surface area contributed by atoms with E-state index in [0.29, 0.717) is 12.8 Å². The Morgan fingerprint density at radius 1 is 1.35 bits per heavy atom. The summed E-state index contributed by atoms with van der Waals surface area (Å²) in [7, 11) is -4.61. The first-order valence-corrected chi connectivity index (χ1v) is 10.8. The highest BCUT2D eigenvalue weighted by Gasteiger charge is 2.51. The second kappa shape index (κ2) is 9.67. The van der Waals surface area contributed by atoms with E-state index in [9.17, 15) is 31.2 Å². The van der Waals surface area contributed by atoms with Crippen LogP contribution >= 0.6 is 11.6 Å². The summed E-state index contributed by atoms with van der Waals surface area (Å²) >= 11 is 5.97. The van der Waals surface area contributed by atoms with Gasteiger partial charge in [0.05, 0.1) is 17.8 Å². The molecule has 2 rings (SSSR count). The Kier molecular flexibility index (Phi) is 7.89. The summed E-state index contributed by atoms with van der Waals surface area (Å²) < 4.78 is 72.3. The SMILES string of the molecule is COCN([C@@H](C)COc1cnc(Cl)c(C(=O)N(C(C)=O)C2CC2)c1)S(=O)(=O)C(F)(F)F. The zero-order chi connectivity index (χ0) is 23.6. The molecule has 0 unspecified atom stereocenters. The topological polar surface area (TPSA) is 106 Å². The van der Waals surface area contributed by atoms with E-state index < -0.39 is 46.7 Å². The number of pyridine rings is 1. The van der Waals surface area contributed by atoms with Crippen LogP contribution in [0.1, 0.15) is 37.0 Å². The zero-order valence-electron chi connectivity index (χ0n) is 16.8. The molecule has 1 aromatic rings. The molecule has 1 aliphatic carbocycles. The van der Waals surface area contributed by atoms with E-state index in [1.165, 1.54) is 19.9 Å². The number of carbonyl (C=O) groups is 2. The van der Waals surface area contributed by atoms with Crippen LogP contribution in [0, 0.1) is 0 Å². The van der Waals surface area contributed by atoms with Gasteiger partial charge in [-0.2, -0.15) is 17.5 Å². The summed E-state index contributed by atoms with van der Waals surface area (Å²) in [5.74, 6) is -1.18. The number of carbonyl (C=O) groups excluding carboxylic acids is 2. The van der Waals surface area contributed by atoms with E-state index in [4.69, 9.17) is 16.3 Å². The van der Waals surface area contributed by atoms with Crippen molar-refractivity contribution in [2.24, 2.45) is 0 Å². The third-order valence-corrected chi connectivity index (χ3v) is 6.32. The van der Waals surface area contributed by atoms with Gasteiger partial charge in [0.25, 0.3) is 5.91 Å². The number of ether oxygens (including phenoxy) is 2. The Morgan fingerprint density at radius 2 is 1.97 bits per heavy atom. The molecule has 1 atom stereocenters. The molecular formula is C17H21ClF3N3O6S. The van der Waals surface area contributed by atoms with Crippen LogP contribution in [-0.4, -0.2) is 72.5 Å². The number of sulfonamides is 1. The molecule has 1 aliphatic rings. The van der Waals surface area contributed by atoms with Crippen LogP contribution in [0.25, 0.3) is 0 Å². The Bertz CT molecular complexity index is 940. The predicted octanol–water partition coefficient (Wildman–Crippen LogP) is 2.41. The highest BCUT2D eigenvalue weighted by molar-refractivity contribution is 7.90. The van der Waals surface area contributed by atoms with Crippen molar-refractivity contribution < 1.29 is 40.7 Å². The average Bonchev–Trinajstić information content (AvgIpc) is 3.48. The molecule has 1 fully saturated rings. The lowest BCUT2D eigenvalue weighted by Gasteiger charge is -2.28. The van der Waals surface area contributed by atoms with Crippen LogP contribution in [0.3, 0.4) is 0 Å². The Balaban J connectivity index is 2.19. The van der Waals surface area contributed by atoms with Crippen LogP contribution < -0.4 is 4.74 Å². The first kappa shape index (κ1) is 25.3. The summed E-state index contributed by atoms with van der Waals surface area (Å²) in [5, 5.41) is -0.182. The highest BCUT2D eigenvalue weighted by atomic mass is 35.5. The molecule has 14 heteroatoms. The fraction of sp³-hybridized carbons (Fsp3) is 0.588. The third-order valence-electron chi connectivity index (χ3n) is 4.35. The van der Waals surface area contributed by atoms with Crippen LogP contribution in [0.4, 0.5) is 13.2 Å². The predicted molar refractivity (Wildman–Crippen MR) is 103 cm³/mol. The van der Waals surface area contributed by atoms with Crippen molar-refractivity contribution in [1.82, 2.24) is 14.2 Å². The molecule has 0 saturated heterocycles. The molecular weight excluding hydrogens is 467 g/mol. The van der Waals surface area contributed by atoms with Gasteiger partial charge >= 0.3 is 15.5 Å². The quantitative estimate of drug-likeness (QED) is 0.389. The molecule has 0 radical (unpaired) electrons. The minimum absolute atomic E-state index is 0.0410. The van der Waals surface area contributed by atoms with Crippen molar-refractivity contribution >= 4 is 33.4 Å². The van der Waals surface area contributed by atoms with Crippen molar-refractivity contribution in [3.63, 3.8) is 0 Å². The van der Waals surface area contributed by atoms with Gasteiger partial charge in [0.2, 0.25) is 5.91 Å². The molecule has 31 heavy (non-hydrogen) atoms. The van der Waals surface area contributed by atoms with E-state index in [0.717, 1.165) is 18.2 Å². The Hall–Kier alpha value is -1.96. The maximum absolute atomic E-state index is 12.9. The lowest BCUT2D eigenvalue weighted by Crippen LogP contribution is -2.48. The van der Waals surface area contributed by atoms with Crippen molar-refractivity contribution in [1.29, 1.82) is 0 Å². The van der Waals surface area contributed by atoms with E-state index in [1.807, 2.05) is 0 Å². The van der Waals surface area contributed by atoms with Crippen LogP contribution in [0.5, 0.6) is 5.75 Å². The number of aromatic nitrogens is 1. The number of amides is 2. The van der Waals surface area contributed by atoms with Gasteiger partial charge in [0.1, 0.15) is 24.2 Å². The minimum atomic E-state index is -5.66. The minimum Gasteiger partial charge on any atom is -0.490 e. The fourth-order valence-electron chi connectivity index (χ4n) is 2.68. The molecule has 2 amide bonds. The second-order valence-electron chi connectivity index (χ2n) is 6.85. The number of hydrogen-bond acceptors (Lipinski definition) is 7. The maximum Gasteiger partial charge on any atom is 0.511 e. The first-order valence-electron chi connectivity index (χ1n) is 9.00. The molecule has 0 spiro atoms. The second-order valence-corrected chi connectivity index (χ2v) is 9.09. The van der Waals surface area contributed by atoms with Crippen molar-refractivity contribution in [2.45, 2.75) is 44.3 Å². The standard InChI is InChI=1S/C17H21ClF3N3O6S/c1-10(23(9-29-3)31(27,28)17(19,20)21)8-30-13-6-14(15(18)22-7-13)16(26)24(11(2)25)12-4-5-12/h6-7,10,12H,4-5,8-9H2,1-3H3/t10-/m0/s1. The first-order chi connectivity index (χ1) is 14.3. The summed E-state index contributed by atoms with van der Waals surface area (Å²) in [4.78, 5) is 29.4. The highest BCUT2D eigenvalue weighted by Crippen LogP contribution is 2.31. The van der Waals surface area contributed by atoms with Crippen molar-refractivity contribution in [2.75, 3.05) is 20.4 Å². The summed E-state index contributed by atoms with van der Waals surface area (Å²) in [5.41, 5.74) is -5.63. The summed E-state index contributed by atoms with van der Waals surface area (Å²) in [6, 6.07) is -0.302. The lowest BCUT2D eigenvalue weighted by molar-refractivity contribution is -0.126. The zero-order valence-corrected chi connectivity index (χ0v) is 18.4. The van der Waals surface area contributed by atoms with Gasteiger partial charge in [-0.25, -0.2) is 13.4 Å². The molecule has 0 bridgehead atoms. The van der Waals surface area contributed by atoms with E-state index in [-0.39, 0.29) is 26.8 Å². The fourth-order valence-corrected chi connectivity index (χ4v) is 3.91. The average molecular weight is 488 g/mol. The number of hydrogen-bond donors (Lipinski definition) is 0. The Labute approximate surface area is 182 Å². The summed E-state index contributed by atoms with van der Waals surface area (Å²) in [6.45, 7) is 1.09. The third kappa shape index (κ3) is 5.84. The molecule has 1 aromatic heterocycles. The smallest absolute Gasteiger partial charge is 0.490 e. The van der Waals surface area contributed by atoms with Gasteiger partial charge in [-0.3, -0.25) is 14.5 Å². The maximum atomic E-state index is 12.9. The van der Waals surface area contributed by atoms with Gasteiger partial charge in [0, 0.05) is 20.1 Å². The van der Waals surface area contributed by atoms with Gasteiger partial charge in [-0.15, -0.1) is 0 Å². The van der Waals surface area contributed by atoms with Gasteiger partial charge < -0.3 is 9.47 Å². The lowest BCUT2D eigenvalue weighted by atomic mass is 10.2. The summed E-state index contributed by atoms with van der Waals surface area (Å²) in [6.07, 6.45) is 2.47. The monoisotopic (exact) mass is 487 g/mol. The molecule has 1 heterocycles. The van der Waals surface area contributed by atoms with E-state index >= 15 is 0 Å². The Morgan fingerprint density at radius 3 is 2.45 bits per heavy atom. The molecule has 0 N–H and O–H groups in total. The van der Waals surface area contributed by atoms with Crippen LogP contribution in [0.15, 0.2) is 12.3 Å². The van der Waals surface area contributed by atoms with Gasteiger partial charge in [-0.05, 0) is 25.8 Å². The van der Waals surface area contributed by atoms with Crippen LogP contribution in [0.2, 0.25) is 5.15 Å². The number of halogens is 4.